The number of benzene rings is 1. The lowest BCUT2D eigenvalue weighted by Gasteiger charge is -2.18. The van der Waals surface area contributed by atoms with Crippen molar-refractivity contribution in [2.45, 2.75) is 39.8 Å². The molecule has 0 saturated carbocycles. The molecular formula is C22H24N6O. The highest BCUT2D eigenvalue weighted by Crippen LogP contribution is 2.30. The minimum atomic E-state index is -0.0850. The molecule has 29 heavy (non-hydrogen) atoms. The quantitative estimate of drug-likeness (QED) is 0.528. The smallest absolute Gasteiger partial charge is 0.252 e. The number of nitrogens with one attached hydrogen (secondary N) is 2. The molecule has 1 aromatic carbocycles. The van der Waals surface area contributed by atoms with Crippen molar-refractivity contribution in [1.29, 1.82) is 0 Å². The van der Waals surface area contributed by atoms with E-state index < -0.39 is 0 Å². The zero-order valence-corrected chi connectivity index (χ0v) is 16.8. The van der Waals surface area contributed by atoms with Crippen LogP contribution in [0.2, 0.25) is 0 Å². The molecule has 3 aromatic heterocycles. The van der Waals surface area contributed by atoms with Gasteiger partial charge in [0.1, 0.15) is 0 Å². The lowest BCUT2D eigenvalue weighted by atomic mass is 9.97. The molecular weight excluding hydrogens is 364 g/mol. The van der Waals surface area contributed by atoms with Crippen LogP contribution in [0, 0.1) is 13.8 Å². The Kier molecular flexibility index (Phi) is 5.12. The third-order valence-electron chi connectivity index (χ3n) is 5.11. The molecule has 0 radical (unpaired) electrons. The van der Waals surface area contributed by atoms with E-state index in [0.29, 0.717) is 5.56 Å². The minimum absolute atomic E-state index is 0.0106. The fourth-order valence-electron chi connectivity index (χ4n) is 3.55. The molecule has 4 rings (SSSR count). The predicted molar refractivity (Wildman–Crippen MR) is 113 cm³/mol. The molecule has 2 N–H and O–H groups in total. The molecule has 1 atom stereocenters. The minimum Gasteiger partial charge on any atom is -0.349 e. The average Bonchev–Trinajstić information content (AvgIpc) is 3.40. The standard InChI is InChI=1S/C22H24N6O/c1-14-5-6-19-18(11-14)20(16(3)21(27-19)17-12-23-24-13-17)22(29)26-15(2)7-10-28-9-4-8-25-28/h4-6,8-9,11-13,15H,7,10H2,1-3H3,(H,23,24)(H,26,29)/t15-/m0/s1. The van der Waals surface area contributed by atoms with Gasteiger partial charge in [0, 0.05) is 42.1 Å². The number of hydrogen-bond acceptors (Lipinski definition) is 4. The van der Waals surface area contributed by atoms with Crippen LogP contribution in [0.25, 0.3) is 22.2 Å². The molecule has 0 fully saturated rings. The molecule has 7 nitrogen and oxygen atoms in total. The Balaban J connectivity index is 1.68. The zero-order chi connectivity index (χ0) is 20.4. The van der Waals surface area contributed by atoms with Crippen molar-refractivity contribution in [2.24, 2.45) is 0 Å². The molecule has 0 unspecified atom stereocenters. The summed E-state index contributed by atoms with van der Waals surface area (Å²) < 4.78 is 1.87. The summed E-state index contributed by atoms with van der Waals surface area (Å²) in [5.41, 5.74) is 5.04. The Morgan fingerprint density at radius 2 is 2.17 bits per heavy atom. The van der Waals surface area contributed by atoms with Gasteiger partial charge in [-0.15, -0.1) is 0 Å². The number of aryl methyl sites for hydroxylation is 2. The second-order valence-corrected chi connectivity index (χ2v) is 7.40. The molecule has 1 amide bonds. The summed E-state index contributed by atoms with van der Waals surface area (Å²) in [4.78, 5) is 18.1. The van der Waals surface area contributed by atoms with Crippen LogP contribution in [-0.4, -0.2) is 36.9 Å². The van der Waals surface area contributed by atoms with Crippen LogP contribution >= 0.6 is 0 Å². The van der Waals surface area contributed by atoms with Crippen LogP contribution in [0.15, 0.2) is 49.1 Å². The molecule has 0 aliphatic rings. The number of hydrogen-bond donors (Lipinski definition) is 2. The molecule has 0 spiro atoms. The van der Waals surface area contributed by atoms with E-state index in [9.17, 15) is 4.79 Å². The van der Waals surface area contributed by atoms with Crippen molar-refractivity contribution in [3.8, 4) is 11.3 Å². The maximum atomic E-state index is 13.3. The molecule has 7 heteroatoms. The van der Waals surface area contributed by atoms with Gasteiger partial charge in [-0.2, -0.15) is 10.2 Å². The van der Waals surface area contributed by atoms with E-state index in [0.717, 1.165) is 46.3 Å². The Hall–Kier alpha value is -3.48. The van der Waals surface area contributed by atoms with Crippen molar-refractivity contribution >= 4 is 16.8 Å². The fourth-order valence-corrected chi connectivity index (χ4v) is 3.55. The third-order valence-corrected chi connectivity index (χ3v) is 5.11. The second kappa shape index (κ2) is 7.87. The molecule has 148 valence electrons. The Labute approximate surface area is 169 Å². The molecule has 0 bridgehead atoms. The Bertz CT molecular complexity index is 1130. The topological polar surface area (TPSA) is 88.5 Å². The Morgan fingerprint density at radius 1 is 1.31 bits per heavy atom. The van der Waals surface area contributed by atoms with Crippen LogP contribution in [0.5, 0.6) is 0 Å². The number of pyridine rings is 1. The van der Waals surface area contributed by atoms with E-state index >= 15 is 0 Å². The first-order valence-electron chi connectivity index (χ1n) is 9.71. The van der Waals surface area contributed by atoms with Gasteiger partial charge in [0.05, 0.1) is 23.0 Å². The number of carbonyl (C=O) groups is 1. The Morgan fingerprint density at radius 3 is 2.90 bits per heavy atom. The lowest BCUT2D eigenvalue weighted by molar-refractivity contribution is 0.0938. The largest absolute Gasteiger partial charge is 0.349 e. The first-order valence-corrected chi connectivity index (χ1v) is 9.71. The summed E-state index contributed by atoms with van der Waals surface area (Å²) in [5, 5.41) is 15.1. The van der Waals surface area contributed by atoms with E-state index in [4.69, 9.17) is 4.98 Å². The first-order chi connectivity index (χ1) is 14.0. The van der Waals surface area contributed by atoms with E-state index in [2.05, 4.69) is 20.6 Å². The number of nitrogens with zero attached hydrogens (tertiary/aromatic N) is 4. The number of H-pyrrole nitrogens is 1. The predicted octanol–water partition coefficient (Wildman–Crippen LogP) is 3.65. The van der Waals surface area contributed by atoms with Gasteiger partial charge < -0.3 is 5.32 Å². The highest BCUT2D eigenvalue weighted by molar-refractivity contribution is 6.09. The van der Waals surface area contributed by atoms with Crippen molar-refractivity contribution in [3.63, 3.8) is 0 Å². The van der Waals surface area contributed by atoms with Gasteiger partial charge in [-0.25, -0.2) is 4.98 Å². The fraction of sp³-hybridized carbons (Fsp3) is 0.273. The van der Waals surface area contributed by atoms with Gasteiger partial charge in [0.2, 0.25) is 0 Å². The van der Waals surface area contributed by atoms with Crippen molar-refractivity contribution in [3.05, 3.63) is 65.7 Å². The highest BCUT2D eigenvalue weighted by Gasteiger charge is 2.20. The zero-order valence-electron chi connectivity index (χ0n) is 16.8. The molecule has 4 aromatic rings. The van der Waals surface area contributed by atoms with Crippen molar-refractivity contribution in [1.82, 2.24) is 30.3 Å². The summed E-state index contributed by atoms with van der Waals surface area (Å²) >= 11 is 0. The maximum Gasteiger partial charge on any atom is 0.252 e. The number of amides is 1. The van der Waals surface area contributed by atoms with Gasteiger partial charge >= 0.3 is 0 Å². The van der Waals surface area contributed by atoms with E-state index in [1.165, 1.54) is 0 Å². The van der Waals surface area contributed by atoms with Crippen LogP contribution in [0.3, 0.4) is 0 Å². The van der Waals surface area contributed by atoms with Gasteiger partial charge in [0.25, 0.3) is 5.91 Å². The SMILES string of the molecule is Cc1ccc2nc(-c3cn[nH]c3)c(C)c(C(=O)N[C@@H](C)CCn3cccn3)c2c1. The van der Waals surface area contributed by atoms with Crippen LogP contribution < -0.4 is 5.32 Å². The maximum absolute atomic E-state index is 13.3. The summed E-state index contributed by atoms with van der Waals surface area (Å²) in [6.07, 6.45) is 8.00. The van der Waals surface area contributed by atoms with Crippen LogP contribution in [0.1, 0.15) is 34.8 Å². The summed E-state index contributed by atoms with van der Waals surface area (Å²) in [5.74, 6) is -0.0850. The van der Waals surface area contributed by atoms with Gasteiger partial charge in [0.15, 0.2) is 0 Å². The van der Waals surface area contributed by atoms with Gasteiger partial charge in [-0.3, -0.25) is 14.6 Å². The second-order valence-electron chi connectivity index (χ2n) is 7.40. The number of rotatable bonds is 6. The van der Waals surface area contributed by atoms with E-state index in [1.54, 1.807) is 18.6 Å². The first kappa shape index (κ1) is 18.9. The highest BCUT2D eigenvalue weighted by atomic mass is 16.1. The monoisotopic (exact) mass is 388 g/mol. The van der Waals surface area contributed by atoms with Crippen LogP contribution in [0.4, 0.5) is 0 Å². The molecule has 0 saturated heterocycles. The lowest BCUT2D eigenvalue weighted by Crippen LogP contribution is -2.34. The van der Waals surface area contributed by atoms with Gasteiger partial charge in [-0.05, 0) is 51.0 Å². The molecule has 0 aliphatic carbocycles. The van der Waals surface area contributed by atoms with Gasteiger partial charge in [-0.1, -0.05) is 11.6 Å². The summed E-state index contributed by atoms with van der Waals surface area (Å²) in [6, 6.07) is 7.91. The number of carbonyl (C=O) groups excluding carboxylic acids is 1. The third kappa shape index (κ3) is 3.89. The molecule has 3 heterocycles. The average molecular weight is 388 g/mol. The van der Waals surface area contributed by atoms with Crippen LogP contribution in [-0.2, 0) is 6.54 Å². The van der Waals surface area contributed by atoms with Crippen molar-refractivity contribution < 1.29 is 4.79 Å². The normalized spacial score (nSPS) is 12.2. The van der Waals surface area contributed by atoms with E-state index in [1.807, 2.05) is 55.9 Å². The summed E-state index contributed by atoms with van der Waals surface area (Å²) in [7, 11) is 0. The number of fused-ring (bicyclic) bond motifs is 1. The van der Waals surface area contributed by atoms with E-state index in [-0.39, 0.29) is 11.9 Å². The summed E-state index contributed by atoms with van der Waals surface area (Å²) in [6.45, 7) is 6.74. The number of aromatic nitrogens is 5. The number of aromatic amines is 1. The molecule has 0 aliphatic heterocycles. The van der Waals surface area contributed by atoms with Crippen molar-refractivity contribution in [2.75, 3.05) is 0 Å².